The molecule has 5 heteroatoms. The maximum absolute atomic E-state index is 10.9. The van der Waals surface area contributed by atoms with E-state index in [0.717, 1.165) is 11.8 Å². The third-order valence-electron chi connectivity index (χ3n) is 2.54. The summed E-state index contributed by atoms with van der Waals surface area (Å²) in [4.78, 5) is 35.1. The van der Waals surface area contributed by atoms with Crippen LogP contribution in [0.1, 0.15) is 15.9 Å². The third-order valence-corrected chi connectivity index (χ3v) is 2.54. The van der Waals surface area contributed by atoms with Crippen LogP contribution in [0.5, 0.6) is 0 Å². The second-order valence-corrected chi connectivity index (χ2v) is 3.57. The number of carbonyl (C=O) groups excluding carboxylic acids is 3. The number of hydrogen-bond donors (Lipinski definition) is 0. The molecule has 0 aromatic heterocycles. The van der Waals surface area contributed by atoms with Crippen molar-refractivity contribution in [2.24, 2.45) is 0 Å². The van der Waals surface area contributed by atoms with Gasteiger partial charge in [-0.2, -0.15) is 0 Å². The molecule has 0 aliphatic carbocycles. The van der Waals surface area contributed by atoms with Gasteiger partial charge in [0, 0.05) is 12.1 Å². The molecule has 1 heterocycles. The monoisotopic (exact) mass is 218 g/mol. The Morgan fingerprint density at radius 1 is 1.12 bits per heavy atom. The van der Waals surface area contributed by atoms with Crippen LogP contribution in [-0.2, 0) is 16.1 Å². The van der Waals surface area contributed by atoms with Crippen LogP contribution in [0.2, 0.25) is 0 Å². The Balaban J connectivity index is 2.45. The van der Waals surface area contributed by atoms with Gasteiger partial charge in [-0.05, 0) is 11.6 Å². The van der Waals surface area contributed by atoms with Crippen molar-refractivity contribution in [1.82, 2.24) is 4.90 Å². The number of amides is 2. The van der Waals surface area contributed by atoms with Gasteiger partial charge in [0.1, 0.15) is 13.0 Å². The minimum Gasteiger partial charge on any atom is -0.323 e. The molecule has 0 spiro atoms. The summed E-state index contributed by atoms with van der Waals surface area (Å²) in [6, 6.07) is 5.08. The van der Waals surface area contributed by atoms with Gasteiger partial charge in [-0.25, -0.2) is 0 Å². The van der Waals surface area contributed by atoms with E-state index in [1.54, 1.807) is 18.2 Å². The molecule has 0 saturated heterocycles. The van der Waals surface area contributed by atoms with Crippen molar-refractivity contribution >= 4 is 24.8 Å². The molecular weight excluding hydrogens is 208 g/mol. The molecule has 0 radical (unpaired) electrons. The quantitative estimate of drug-likeness (QED) is 0.689. The zero-order valence-electron chi connectivity index (χ0n) is 8.50. The molecule has 0 N–H and O–H groups in total. The van der Waals surface area contributed by atoms with Gasteiger partial charge in [0.05, 0.1) is 5.69 Å². The van der Waals surface area contributed by atoms with Crippen molar-refractivity contribution in [3.05, 3.63) is 29.3 Å². The number of hydrogen-bond acceptors (Lipinski definition) is 3. The topological polar surface area (TPSA) is 57.7 Å². The van der Waals surface area contributed by atoms with E-state index in [0.29, 0.717) is 30.6 Å². The van der Waals surface area contributed by atoms with Gasteiger partial charge in [0.15, 0.2) is 0 Å². The zero-order valence-corrected chi connectivity index (χ0v) is 8.50. The minimum absolute atomic E-state index is 0.225. The second-order valence-electron chi connectivity index (χ2n) is 3.57. The fourth-order valence-electron chi connectivity index (χ4n) is 1.76. The molecule has 0 fully saturated rings. The number of carbonyl (C=O) groups is 3. The fraction of sp³-hybridized carbons (Fsp3) is 0.182. The Kier molecular flexibility index (Phi) is 2.68. The molecule has 16 heavy (non-hydrogen) atoms. The largest absolute Gasteiger partial charge is 0.323 e. The molecule has 1 aliphatic heterocycles. The highest BCUT2D eigenvalue weighted by atomic mass is 16.1. The molecule has 0 unspecified atom stereocenters. The van der Waals surface area contributed by atoms with Crippen LogP contribution >= 0.6 is 0 Å². The van der Waals surface area contributed by atoms with E-state index in [2.05, 4.69) is 0 Å². The summed E-state index contributed by atoms with van der Waals surface area (Å²) in [5, 5.41) is 0. The van der Waals surface area contributed by atoms with Crippen LogP contribution < -0.4 is 4.90 Å². The van der Waals surface area contributed by atoms with Gasteiger partial charge in [-0.1, -0.05) is 12.1 Å². The van der Waals surface area contributed by atoms with Crippen LogP contribution in [0, 0.1) is 0 Å². The van der Waals surface area contributed by atoms with Crippen LogP contribution in [0.25, 0.3) is 0 Å². The molecule has 0 saturated carbocycles. The lowest BCUT2D eigenvalue weighted by Gasteiger charge is -2.32. The predicted octanol–water partition coefficient (Wildman–Crippen LogP) is 0.391. The first-order valence-corrected chi connectivity index (χ1v) is 4.78. The Hall–Kier alpha value is -2.17. The van der Waals surface area contributed by atoms with E-state index >= 15 is 0 Å². The maximum Gasteiger partial charge on any atom is 0.215 e. The first-order chi connectivity index (χ1) is 7.78. The summed E-state index contributed by atoms with van der Waals surface area (Å²) in [5.41, 5.74) is 2.07. The van der Waals surface area contributed by atoms with Gasteiger partial charge in [-0.15, -0.1) is 0 Å². The standard InChI is InChI=1S/C11H10N2O3/c14-5-9-1-2-10-4-12(7-15)6-13(8-16)11(10)3-9/h1-3,5,7-8H,4,6H2. The molecule has 0 atom stereocenters. The number of nitrogens with zero attached hydrogens (tertiary/aromatic N) is 2. The summed E-state index contributed by atoms with van der Waals surface area (Å²) >= 11 is 0. The number of rotatable bonds is 3. The molecular formula is C11H10N2O3. The molecule has 2 amide bonds. The fourth-order valence-corrected chi connectivity index (χ4v) is 1.76. The van der Waals surface area contributed by atoms with Crippen molar-refractivity contribution in [3.8, 4) is 0 Å². The van der Waals surface area contributed by atoms with Gasteiger partial charge < -0.3 is 4.90 Å². The summed E-state index contributed by atoms with van der Waals surface area (Å²) in [7, 11) is 0. The molecule has 5 nitrogen and oxygen atoms in total. The first-order valence-electron chi connectivity index (χ1n) is 4.78. The molecule has 1 aromatic carbocycles. The average molecular weight is 218 g/mol. The highest BCUT2D eigenvalue weighted by molar-refractivity contribution is 5.84. The van der Waals surface area contributed by atoms with Crippen LogP contribution in [0.3, 0.4) is 0 Å². The lowest BCUT2D eigenvalue weighted by Crippen LogP contribution is -2.40. The van der Waals surface area contributed by atoms with Crippen molar-refractivity contribution in [2.45, 2.75) is 6.54 Å². The van der Waals surface area contributed by atoms with Crippen LogP contribution in [0.15, 0.2) is 18.2 Å². The maximum atomic E-state index is 10.9. The first kappa shape index (κ1) is 10.4. The van der Waals surface area contributed by atoms with Crippen molar-refractivity contribution in [2.75, 3.05) is 11.6 Å². The Labute approximate surface area is 92.3 Å². The Morgan fingerprint density at radius 2 is 1.94 bits per heavy atom. The van der Waals surface area contributed by atoms with Crippen molar-refractivity contribution < 1.29 is 14.4 Å². The smallest absolute Gasteiger partial charge is 0.215 e. The summed E-state index contributed by atoms with van der Waals surface area (Å²) in [6.45, 7) is 0.685. The van der Waals surface area contributed by atoms with Crippen molar-refractivity contribution in [3.63, 3.8) is 0 Å². The summed E-state index contributed by atoms with van der Waals surface area (Å²) in [5.74, 6) is 0. The lowest BCUT2D eigenvalue weighted by atomic mass is 10.1. The second kappa shape index (κ2) is 4.14. The highest BCUT2D eigenvalue weighted by Gasteiger charge is 2.21. The summed E-state index contributed by atoms with van der Waals surface area (Å²) in [6.07, 6.45) is 2.09. The molecule has 2 rings (SSSR count). The number of benzene rings is 1. The average Bonchev–Trinajstić information content (AvgIpc) is 2.36. The predicted molar refractivity (Wildman–Crippen MR) is 56.8 cm³/mol. The SMILES string of the molecule is O=Cc1ccc2c(c1)N(C=O)CN(C=O)C2. The Morgan fingerprint density at radius 3 is 2.56 bits per heavy atom. The van der Waals surface area contributed by atoms with Crippen molar-refractivity contribution in [1.29, 1.82) is 0 Å². The normalized spacial score (nSPS) is 14.2. The third kappa shape index (κ3) is 1.67. The molecule has 82 valence electrons. The van der Waals surface area contributed by atoms with Gasteiger partial charge in [-0.3, -0.25) is 19.3 Å². The van der Waals surface area contributed by atoms with E-state index in [1.165, 1.54) is 9.80 Å². The van der Waals surface area contributed by atoms with Gasteiger partial charge >= 0.3 is 0 Å². The van der Waals surface area contributed by atoms with Gasteiger partial charge in [0.25, 0.3) is 0 Å². The zero-order chi connectivity index (χ0) is 11.5. The Bertz CT molecular complexity index is 445. The molecule has 1 aliphatic rings. The van der Waals surface area contributed by atoms with E-state index in [-0.39, 0.29) is 6.67 Å². The van der Waals surface area contributed by atoms with E-state index in [4.69, 9.17) is 0 Å². The number of fused-ring (bicyclic) bond motifs is 1. The van der Waals surface area contributed by atoms with Gasteiger partial charge in [0.2, 0.25) is 12.8 Å². The minimum atomic E-state index is 0.225. The van der Waals surface area contributed by atoms with E-state index in [9.17, 15) is 14.4 Å². The summed E-state index contributed by atoms with van der Waals surface area (Å²) < 4.78 is 0. The van der Waals surface area contributed by atoms with E-state index < -0.39 is 0 Å². The number of aldehydes is 1. The highest BCUT2D eigenvalue weighted by Crippen LogP contribution is 2.26. The molecule has 1 aromatic rings. The van der Waals surface area contributed by atoms with E-state index in [1.807, 2.05) is 0 Å². The number of anilines is 1. The van der Waals surface area contributed by atoms with Crippen LogP contribution in [-0.4, -0.2) is 30.7 Å². The lowest BCUT2D eigenvalue weighted by molar-refractivity contribution is -0.119. The van der Waals surface area contributed by atoms with Crippen LogP contribution in [0.4, 0.5) is 5.69 Å². The molecule has 0 bridgehead atoms.